The zero-order valence-corrected chi connectivity index (χ0v) is 14.6. The van der Waals surface area contributed by atoms with Gasteiger partial charge in [0.15, 0.2) is 5.13 Å². The van der Waals surface area contributed by atoms with Gasteiger partial charge in [-0.25, -0.2) is 4.98 Å². The zero-order valence-electron chi connectivity index (χ0n) is 13.8. The molecule has 1 aromatic heterocycles. The van der Waals surface area contributed by atoms with E-state index in [1.54, 1.807) is 25.6 Å². The van der Waals surface area contributed by atoms with Crippen molar-refractivity contribution in [2.24, 2.45) is 0 Å². The molecular formula is C19H20N2O2S. The van der Waals surface area contributed by atoms with Crippen LogP contribution in [0.5, 0.6) is 11.5 Å². The van der Waals surface area contributed by atoms with Crippen molar-refractivity contribution in [2.45, 2.75) is 6.42 Å². The minimum absolute atomic E-state index is 0.760. The third-order valence-corrected chi connectivity index (χ3v) is 4.52. The summed E-state index contributed by atoms with van der Waals surface area (Å²) in [5.41, 5.74) is 3.19. The number of methoxy groups -OCH3 is 2. The van der Waals surface area contributed by atoms with Crippen LogP contribution in [0.4, 0.5) is 5.13 Å². The molecule has 5 heteroatoms. The molecule has 2 aromatic carbocycles. The molecule has 1 N–H and O–H groups in total. The Labute approximate surface area is 146 Å². The van der Waals surface area contributed by atoms with E-state index in [0.29, 0.717) is 0 Å². The summed E-state index contributed by atoms with van der Waals surface area (Å²) in [5, 5.41) is 6.34. The fraction of sp³-hybridized carbons (Fsp3) is 0.211. The number of rotatable bonds is 7. The average Bonchev–Trinajstić information content (AvgIpc) is 3.10. The first kappa shape index (κ1) is 16.3. The van der Waals surface area contributed by atoms with E-state index in [0.717, 1.165) is 40.9 Å². The fourth-order valence-corrected chi connectivity index (χ4v) is 3.19. The number of nitrogens with zero attached hydrogens (tertiary/aromatic N) is 1. The van der Waals surface area contributed by atoms with Crippen LogP contribution >= 0.6 is 11.3 Å². The van der Waals surface area contributed by atoms with Crippen molar-refractivity contribution in [3.05, 3.63) is 59.5 Å². The molecule has 0 atom stereocenters. The van der Waals surface area contributed by atoms with Gasteiger partial charge in [0, 0.05) is 23.6 Å². The van der Waals surface area contributed by atoms with E-state index >= 15 is 0 Å². The molecule has 0 aliphatic carbocycles. The van der Waals surface area contributed by atoms with E-state index in [-0.39, 0.29) is 0 Å². The van der Waals surface area contributed by atoms with E-state index in [4.69, 9.17) is 9.47 Å². The van der Waals surface area contributed by atoms with Gasteiger partial charge in [-0.2, -0.15) is 0 Å². The summed E-state index contributed by atoms with van der Waals surface area (Å²) < 4.78 is 10.7. The third kappa shape index (κ3) is 3.86. The second-order valence-corrected chi connectivity index (χ2v) is 6.12. The molecule has 0 aliphatic rings. The Morgan fingerprint density at radius 2 is 1.88 bits per heavy atom. The maximum atomic E-state index is 5.45. The van der Waals surface area contributed by atoms with Gasteiger partial charge < -0.3 is 14.8 Å². The van der Waals surface area contributed by atoms with E-state index in [1.807, 2.05) is 29.6 Å². The lowest BCUT2D eigenvalue weighted by Crippen LogP contribution is -2.04. The predicted molar refractivity (Wildman–Crippen MR) is 99.3 cm³/mol. The maximum Gasteiger partial charge on any atom is 0.183 e. The molecule has 0 saturated carbocycles. The van der Waals surface area contributed by atoms with E-state index < -0.39 is 0 Å². The van der Waals surface area contributed by atoms with Crippen LogP contribution in [0.25, 0.3) is 11.3 Å². The normalized spacial score (nSPS) is 10.4. The van der Waals surface area contributed by atoms with Gasteiger partial charge in [-0.1, -0.05) is 30.3 Å². The van der Waals surface area contributed by atoms with Crippen molar-refractivity contribution in [3.63, 3.8) is 0 Å². The van der Waals surface area contributed by atoms with Crippen molar-refractivity contribution >= 4 is 16.5 Å². The average molecular weight is 340 g/mol. The Kier molecular flexibility index (Phi) is 5.33. The lowest BCUT2D eigenvalue weighted by molar-refractivity contribution is 0.395. The van der Waals surface area contributed by atoms with Crippen LogP contribution in [-0.2, 0) is 6.42 Å². The van der Waals surface area contributed by atoms with Crippen molar-refractivity contribution in [1.82, 2.24) is 4.98 Å². The first-order valence-corrected chi connectivity index (χ1v) is 8.64. The topological polar surface area (TPSA) is 43.4 Å². The summed E-state index contributed by atoms with van der Waals surface area (Å²) in [5.74, 6) is 1.53. The van der Waals surface area contributed by atoms with Gasteiger partial charge in [-0.3, -0.25) is 0 Å². The smallest absolute Gasteiger partial charge is 0.183 e. The highest BCUT2D eigenvalue weighted by Crippen LogP contribution is 2.34. The number of thiazole rings is 1. The maximum absolute atomic E-state index is 5.45. The van der Waals surface area contributed by atoms with Crippen LogP contribution in [0.2, 0.25) is 0 Å². The minimum Gasteiger partial charge on any atom is -0.497 e. The number of anilines is 1. The minimum atomic E-state index is 0.760. The monoisotopic (exact) mass is 340 g/mol. The van der Waals surface area contributed by atoms with Crippen LogP contribution in [0, 0.1) is 0 Å². The summed E-state index contributed by atoms with van der Waals surface area (Å²) in [4.78, 5) is 4.66. The van der Waals surface area contributed by atoms with Crippen molar-refractivity contribution < 1.29 is 9.47 Å². The predicted octanol–water partition coefficient (Wildman–Crippen LogP) is 4.48. The van der Waals surface area contributed by atoms with Crippen LogP contribution < -0.4 is 14.8 Å². The third-order valence-electron chi connectivity index (χ3n) is 3.72. The molecule has 24 heavy (non-hydrogen) atoms. The summed E-state index contributed by atoms with van der Waals surface area (Å²) in [6.45, 7) is 0.858. The van der Waals surface area contributed by atoms with Gasteiger partial charge in [0.05, 0.1) is 19.9 Å². The van der Waals surface area contributed by atoms with Gasteiger partial charge in [0.2, 0.25) is 0 Å². The number of hydrogen-bond donors (Lipinski definition) is 1. The quantitative estimate of drug-likeness (QED) is 0.688. The molecule has 0 aliphatic heterocycles. The highest BCUT2D eigenvalue weighted by Gasteiger charge is 2.11. The van der Waals surface area contributed by atoms with E-state index in [1.165, 1.54) is 5.56 Å². The van der Waals surface area contributed by atoms with Gasteiger partial charge in [0.25, 0.3) is 0 Å². The summed E-state index contributed by atoms with van der Waals surface area (Å²) in [7, 11) is 3.30. The zero-order chi connectivity index (χ0) is 16.8. The number of nitrogens with one attached hydrogen (secondary N) is 1. The number of ether oxygens (including phenoxy) is 2. The van der Waals surface area contributed by atoms with Crippen LogP contribution in [0.15, 0.2) is 53.9 Å². The summed E-state index contributed by atoms with van der Waals surface area (Å²) in [6.07, 6.45) is 0.974. The molecule has 0 unspecified atom stereocenters. The Balaban J connectivity index is 1.67. The molecule has 0 radical (unpaired) electrons. The Morgan fingerprint density at radius 3 is 2.62 bits per heavy atom. The molecule has 1 heterocycles. The van der Waals surface area contributed by atoms with Crippen LogP contribution in [0.1, 0.15) is 5.56 Å². The summed E-state index contributed by atoms with van der Waals surface area (Å²) >= 11 is 1.60. The highest BCUT2D eigenvalue weighted by molar-refractivity contribution is 7.14. The first-order valence-electron chi connectivity index (χ1n) is 7.76. The van der Waals surface area contributed by atoms with Crippen molar-refractivity contribution in [1.29, 1.82) is 0 Å². The highest BCUT2D eigenvalue weighted by atomic mass is 32.1. The Bertz CT molecular complexity index is 787. The summed E-state index contributed by atoms with van der Waals surface area (Å²) in [6, 6.07) is 16.2. The molecule has 3 aromatic rings. The fourth-order valence-electron chi connectivity index (χ4n) is 2.45. The largest absolute Gasteiger partial charge is 0.497 e. The van der Waals surface area contributed by atoms with E-state index in [2.05, 4.69) is 34.6 Å². The molecule has 0 bridgehead atoms. The molecule has 4 nitrogen and oxygen atoms in total. The Hall–Kier alpha value is -2.53. The van der Waals surface area contributed by atoms with Crippen LogP contribution in [-0.4, -0.2) is 25.7 Å². The van der Waals surface area contributed by atoms with Crippen LogP contribution in [0.3, 0.4) is 0 Å². The first-order chi connectivity index (χ1) is 11.8. The lowest BCUT2D eigenvalue weighted by atomic mass is 10.1. The standard InChI is InChI=1S/C19H20N2O2S/c1-22-15-8-9-16(18(12-15)23-2)17-13-24-19(21-17)20-11-10-14-6-4-3-5-7-14/h3-9,12-13H,10-11H2,1-2H3,(H,20,21). The molecule has 124 valence electrons. The van der Waals surface area contributed by atoms with Crippen molar-refractivity contribution in [3.8, 4) is 22.8 Å². The molecule has 0 amide bonds. The number of aromatic nitrogens is 1. The molecule has 0 saturated heterocycles. The second-order valence-electron chi connectivity index (χ2n) is 5.27. The SMILES string of the molecule is COc1ccc(-c2csc(NCCc3ccccc3)n2)c(OC)c1. The second kappa shape index (κ2) is 7.84. The molecule has 0 fully saturated rings. The number of benzene rings is 2. The number of hydrogen-bond acceptors (Lipinski definition) is 5. The lowest BCUT2D eigenvalue weighted by Gasteiger charge is -2.08. The van der Waals surface area contributed by atoms with Gasteiger partial charge in [-0.05, 0) is 24.1 Å². The molecule has 0 spiro atoms. The Morgan fingerprint density at radius 1 is 1.04 bits per heavy atom. The molecular weight excluding hydrogens is 320 g/mol. The van der Waals surface area contributed by atoms with Gasteiger partial charge >= 0.3 is 0 Å². The molecule has 3 rings (SSSR count). The van der Waals surface area contributed by atoms with Gasteiger partial charge in [-0.15, -0.1) is 11.3 Å². The van der Waals surface area contributed by atoms with Gasteiger partial charge in [0.1, 0.15) is 11.5 Å². The van der Waals surface area contributed by atoms with E-state index in [9.17, 15) is 0 Å². The van der Waals surface area contributed by atoms with Crippen molar-refractivity contribution in [2.75, 3.05) is 26.1 Å².